The van der Waals surface area contributed by atoms with Crippen LogP contribution in [0.1, 0.15) is 38.5 Å². The van der Waals surface area contributed by atoms with Gasteiger partial charge in [0.2, 0.25) is 0 Å². The van der Waals surface area contributed by atoms with E-state index in [9.17, 15) is 0 Å². The van der Waals surface area contributed by atoms with Crippen LogP contribution in [-0.2, 0) is 0 Å². The lowest BCUT2D eigenvalue weighted by molar-refractivity contribution is 0.0271. The predicted molar refractivity (Wildman–Crippen MR) is 69.9 cm³/mol. The van der Waals surface area contributed by atoms with Crippen molar-refractivity contribution in [2.75, 3.05) is 19.6 Å². The molecule has 4 atom stereocenters. The van der Waals surface area contributed by atoms with Gasteiger partial charge in [0.1, 0.15) is 0 Å². The van der Waals surface area contributed by atoms with Crippen LogP contribution in [0.2, 0.25) is 0 Å². The van der Waals surface area contributed by atoms with E-state index in [-0.39, 0.29) is 0 Å². The molecule has 0 aromatic rings. The van der Waals surface area contributed by atoms with Crippen LogP contribution >= 0.6 is 0 Å². The van der Waals surface area contributed by atoms with Crippen LogP contribution in [0.15, 0.2) is 11.6 Å². The van der Waals surface area contributed by atoms with Crippen molar-refractivity contribution in [1.29, 1.82) is 0 Å². The fourth-order valence-corrected chi connectivity index (χ4v) is 4.80. The first-order valence-corrected chi connectivity index (χ1v) is 7.60. The van der Waals surface area contributed by atoms with Gasteiger partial charge in [-0.05, 0) is 57.0 Å². The molecular weight excluding hydrogens is 208 g/mol. The normalized spacial score (nSPS) is 45.8. The Labute approximate surface area is 104 Å². The van der Waals surface area contributed by atoms with Crippen molar-refractivity contribution >= 4 is 0 Å². The van der Waals surface area contributed by atoms with Gasteiger partial charge in [0.15, 0.2) is 0 Å². The zero-order valence-electron chi connectivity index (χ0n) is 10.7. The second kappa shape index (κ2) is 4.10. The van der Waals surface area contributed by atoms with Crippen molar-refractivity contribution < 1.29 is 0 Å². The molecule has 0 amide bonds. The molecule has 2 bridgehead atoms. The van der Waals surface area contributed by atoms with Crippen LogP contribution in [0.5, 0.6) is 0 Å². The van der Waals surface area contributed by atoms with E-state index in [1.807, 2.05) is 0 Å². The third kappa shape index (κ3) is 1.68. The van der Waals surface area contributed by atoms with Crippen molar-refractivity contribution in [3.8, 4) is 0 Å². The van der Waals surface area contributed by atoms with Gasteiger partial charge < -0.3 is 5.32 Å². The molecule has 0 radical (unpaired) electrons. The molecule has 17 heavy (non-hydrogen) atoms. The van der Waals surface area contributed by atoms with E-state index >= 15 is 0 Å². The largest absolute Gasteiger partial charge is 0.310 e. The van der Waals surface area contributed by atoms with Gasteiger partial charge >= 0.3 is 0 Å². The molecule has 3 aliphatic heterocycles. The molecule has 2 heteroatoms. The lowest BCUT2D eigenvalue weighted by atomic mass is 9.68. The standard InChI is InChI=1S/C15H24N2/c1-2-7-17-10-13-9-12(14(17)5-1)8-11-4-3-6-16-15(11)13/h8,12-16H,1-7,9-10H2/t12-,13+,14+,15-/m1/s1. The molecule has 0 aromatic carbocycles. The summed E-state index contributed by atoms with van der Waals surface area (Å²) in [7, 11) is 0. The van der Waals surface area contributed by atoms with E-state index in [1.165, 1.54) is 58.2 Å². The molecule has 0 unspecified atom stereocenters. The highest BCUT2D eigenvalue weighted by atomic mass is 15.2. The van der Waals surface area contributed by atoms with Crippen LogP contribution in [0.4, 0.5) is 0 Å². The number of hydrogen-bond acceptors (Lipinski definition) is 2. The van der Waals surface area contributed by atoms with Gasteiger partial charge in [-0.2, -0.15) is 0 Å². The van der Waals surface area contributed by atoms with Gasteiger partial charge in [0.05, 0.1) is 0 Å². The summed E-state index contributed by atoms with van der Waals surface area (Å²) >= 11 is 0. The maximum Gasteiger partial charge on any atom is 0.0320 e. The maximum absolute atomic E-state index is 3.78. The first-order valence-electron chi connectivity index (χ1n) is 7.60. The molecule has 0 saturated carbocycles. The Bertz CT molecular complexity index is 336. The number of nitrogens with zero attached hydrogens (tertiary/aromatic N) is 1. The Hall–Kier alpha value is -0.340. The molecule has 1 N–H and O–H groups in total. The summed E-state index contributed by atoms with van der Waals surface area (Å²) in [6.07, 6.45) is 11.2. The average Bonchev–Trinajstić information content (AvgIpc) is 2.39. The van der Waals surface area contributed by atoms with E-state index in [0.29, 0.717) is 0 Å². The van der Waals surface area contributed by atoms with Crippen molar-refractivity contribution in [3.05, 3.63) is 11.6 Å². The van der Waals surface area contributed by atoms with Gasteiger partial charge in [0.25, 0.3) is 0 Å². The van der Waals surface area contributed by atoms with Crippen molar-refractivity contribution in [1.82, 2.24) is 10.2 Å². The van der Waals surface area contributed by atoms with Gasteiger partial charge in [0, 0.05) is 18.6 Å². The fourth-order valence-electron chi connectivity index (χ4n) is 4.80. The van der Waals surface area contributed by atoms with Crippen LogP contribution in [0, 0.1) is 11.8 Å². The van der Waals surface area contributed by atoms with Crippen LogP contribution in [0.25, 0.3) is 0 Å². The van der Waals surface area contributed by atoms with E-state index in [4.69, 9.17) is 0 Å². The highest BCUT2D eigenvalue weighted by molar-refractivity contribution is 5.23. The Morgan fingerprint density at radius 2 is 2.24 bits per heavy atom. The molecule has 3 saturated heterocycles. The molecule has 4 aliphatic rings. The van der Waals surface area contributed by atoms with Gasteiger partial charge in [-0.3, -0.25) is 4.90 Å². The highest BCUT2D eigenvalue weighted by Crippen LogP contribution is 2.42. The maximum atomic E-state index is 3.78. The van der Waals surface area contributed by atoms with E-state index in [2.05, 4.69) is 16.3 Å². The van der Waals surface area contributed by atoms with E-state index in [1.54, 1.807) is 5.57 Å². The predicted octanol–water partition coefficient (Wildman–Crippen LogP) is 2.17. The summed E-state index contributed by atoms with van der Waals surface area (Å²) < 4.78 is 0. The zero-order valence-corrected chi connectivity index (χ0v) is 10.7. The molecule has 0 aromatic heterocycles. The Morgan fingerprint density at radius 1 is 1.24 bits per heavy atom. The summed E-state index contributed by atoms with van der Waals surface area (Å²) in [6, 6.07) is 1.64. The quantitative estimate of drug-likeness (QED) is 0.644. The average molecular weight is 232 g/mol. The smallest absolute Gasteiger partial charge is 0.0320 e. The van der Waals surface area contributed by atoms with Crippen LogP contribution in [0.3, 0.4) is 0 Å². The van der Waals surface area contributed by atoms with Crippen molar-refractivity contribution in [3.63, 3.8) is 0 Å². The summed E-state index contributed by atoms with van der Waals surface area (Å²) in [4.78, 5) is 2.81. The molecule has 1 aliphatic carbocycles. The topological polar surface area (TPSA) is 15.3 Å². The Kier molecular flexibility index (Phi) is 2.55. The number of fused-ring (bicyclic) bond motifs is 6. The molecule has 3 heterocycles. The van der Waals surface area contributed by atoms with Gasteiger partial charge in [-0.25, -0.2) is 0 Å². The molecule has 2 nitrogen and oxygen atoms in total. The van der Waals surface area contributed by atoms with Crippen LogP contribution < -0.4 is 5.32 Å². The number of nitrogens with one attached hydrogen (secondary N) is 1. The summed E-state index contributed by atoms with van der Waals surface area (Å²) in [5.41, 5.74) is 1.77. The highest BCUT2D eigenvalue weighted by Gasteiger charge is 2.43. The molecule has 4 rings (SSSR count). The van der Waals surface area contributed by atoms with Crippen molar-refractivity contribution in [2.24, 2.45) is 11.8 Å². The van der Waals surface area contributed by atoms with Gasteiger partial charge in [-0.1, -0.05) is 18.1 Å². The molecular formula is C15H24N2. The third-order valence-electron chi connectivity index (χ3n) is 5.51. The van der Waals surface area contributed by atoms with Crippen LogP contribution in [-0.4, -0.2) is 36.6 Å². The summed E-state index contributed by atoms with van der Waals surface area (Å²) in [6.45, 7) is 3.98. The first-order chi connectivity index (χ1) is 8.42. The Morgan fingerprint density at radius 3 is 3.24 bits per heavy atom. The lowest BCUT2D eigenvalue weighted by Crippen LogP contribution is -2.58. The van der Waals surface area contributed by atoms with Crippen molar-refractivity contribution in [2.45, 2.75) is 50.6 Å². The number of piperidine rings is 3. The second-order valence-electron chi connectivity index (χ2n) is 6.49. The monoisotopic (exact) mass is 232 g/mol. The minimum absolute atomic E-state index is 0.739. The fraction of sp³-hybridized carbons (Fsp3) is 0.867. The lowest BCUT2D eigenvalue weighted by Gasteiger charge is -2.52. The second-order valence-corrected chi connectivity index (χ2v) is 6.49. The van der Waals surface area contributed by atoms with E-state index < -0.39 is 0 Å². The molecule has 94 valence electrons. The molecule has 3 fully saturated rings. The number of rotatable bonds is 0. The summed E-state index contributed by atoms with van der Waals surface area (Å²) in [5, 5.41) is 3.78. The Balaban J connectivity index is 1.64. The SMILES string of the molecule is C1=C2CCCN[C@H]2[C@H]2C[C@@H]1[C@@H]1CCCCN1C2. The van der Waals surface area contributed by atoms with Gasteiger partial charge in [-0.15, -0.1) is 0 Å². The zero-order chi connectivity index (χ0) is 11.2. The molecule has 0 spiro atoms. The first kappa shape index (κ1) is 10.6. The third-order valence-corrected chi connectivity index (χ3v) is 5.51. The minimum Gasteiger partial charge on any atom is -0.310 e. The minimum atomic E-state index is 0.739. The van der Waals surface area contributed by atoms with E-state index in [0.717, 1.165) is 23.9 Å². The summed E-state index contributed by atoms with van der Waals surface area (Å²) in [5.74, 6) is 1.80. The number of hydrogen-bond donors (Lipinski definition) is 1.